The minimum Gasteiger partial charge on any atom is -0.353 e. The first-order chi connectivity index (χ1) is 14.0. The quantitative estimate of drug-likeness (QED) is 0.776. The number of rotatable bonds is 7. The molecule has 2 fully saturated rings. The Kier molecular flexibility index (Phi) is 5.72. The smallest absolute Gasteiger partial charge is 0.234 e. The van der Waals surface area contributed by atoms with Gasteiger partial charge in [-0.2, -0.15) is 4.98 Å². The number of amides is 1. The summed E-state index contributed by atoms with van der Waals surface area (Å²) in [7, 11) is 0. The summed E-state index contributed by atoms with van der Waals surface area (Å²) in [5.41, 5.74) is 1.16. The maximum atomic E-state index is 12.7. The second-order valence-electron chi connectivity index (χ2n) is 8.81. The first-order valence-corrected chi connectivity index (χ1v) is 10.9. The third kappa shape index (κ3) is 3.95. The summed E-state index contributed by atoms with van der Waals surface area (Å²) in [4.78, 5) is 19.8. The van der Waals surface area contributed by atoms with Crippen molar-refractivity contribution in [3.05, 3.63) is 47.6 Å². The van der Waals surface area contributed by atoms with Crippen LogP contribution < -0.4 is 5.32 Å². The molecule has 2 heterocycles. The fourth-order valence-corrected chi connectivity index (χ4v) is 5.36. The summed E-state index contributed by atoms with van der Waals surface area (Å²) >= 11 is 0. The van der Waals surface area contributed by atoms with E-state index in [0.717, 1.165) is 51.2 Å². The number of likely N-dealkylation sites (tertiary alicyclic amines) is 1. The molecule has 1 aliphatic carbocycles. The maximum Gasteiger partial charge on any atom is 0.234 e. The number of hydrogen-bond acceptors (Lipinski definition) is 5. The third-order valence-electron chi connectivity index (χ3n) is 6.85. The van der Waals surface area contributed by atoms with E-state index < -0.39 is 0 Å². The van der Waals surface area contributed by atoms with E-state index in [2.05, 4.69) is 64.5 Å². The fourth-order valence-electron chi connectivity index (χ4n) is 5.36. The summed E-state index contributed by atoms with van der Waals surface area (Å²) in [6, 6.07) is 10.8. The lowest BCUT2D eigenvalue weighted by Crippen LogP contribution is -2.40. The lowest BCUT2D eigenvalue weighted by Gasteiger charge is -2.26. The van der Waals surface area contributed by atoms with E-state index in [0.29, 0.717) is 11.7 Å². The minimum atomic E-state index is -0.165. The summed E-state index contributed by atoms with van der Waals surface area (Å²) < 4.78 is 5.69. The van der Waals surface area contributed by atoms with E-state index in [1.165, 1.54) is 5.56 Å². The summed E-state index contributed by atoms with van der Waals surface area (Å²) in [6.07, 6.45) is 3.61. The maximum absolute atomic E-state index is 12.7. The monoisotopic (exact) mass is 396 g/mol. The van der Waals surface area contributed by atoms with Gasteiger partial charge in [0.25, 0.3) is 0 Å². The second-order valence-corrected chi connectivity index (χ2v) is 8.81. The predicted octanol–water partition coefficient (Wildman–Crippen LogP) is 3.46. The van der Waals surface area contributed by atoms with Crippen LogP contribution in [0.2, 0.25) is 0 Å². The Morgan fingerprint density at radius 3 is 2.72 bits per heavy atom. The summed E-state index contributed by atoms with van der Waals surface area (Å²) in [5.74, 6) is 2.14. The van der Waals surface area contributed by atoms with Gasteiger partial charge in [-0.25, -0.2) is 0 Å². The number of aromatic nitrogens is 2. The Bertz CT molecular complexity index is 832. The van der Waals surface area contributed by atoms with Gasteiger partial charge >= 0.3 is 0 Å². The first-order valence-electron chi connectivity index (χ1n) is 10.9. The molecule has 1 aliphatic heterocycles. The van der Waals surface area contributed by atoms with E-state index in [1.807, 2.05) is 6.92 Å². The van der Waals surface area contributed by atoms with Gasteiger partial charge < -0.3 is 9.84 Å². The van der Waals surface area contributed by atoms with Crippen molar-refractivity contribution in [2.24, 2.45) is 11.8 Å². The van der Waals surface area contributed by atoms with Crippen molar-refractivity contribution in [1.82, 2.24) is 20.4 Å². The largest absolute Gasteiger partial charge is 0.353 e. The molecule has 1 saturated carbocycles. The average Bonchev–Trinajstić information content (AvgIpc) is 3.36. The first kappa shape index (κ1) is 20.1. The Morgan fingerprint density at radius 1 is 1.31 bits per heavy atom. The van der Waals surface area contributed by atoms with Crippen LogP contribution in [0, 0.1) is 18.8 Å². The molecule has 1 saturated heterocycles. The molecule has 0 bridgehead atoms. The molecule has 6 heteroatoms. The molecule has 3 atom stereocenters. The Hall–Kier alpha value is -2.21. The Morgan fingerprint density at radius 2 is 2.07 bits per heavy atom. The van der Waals surface area contributed by atoms with E-state index in [4.69, 9.17) is 4.52 Å². The van der Waals surface area contributed by atoms with Gasteiger partial charge in [0.15, 0.2) is 5.82 Å². The molecule has 6 nitrogen and oxygen atoms in total. The highest BCUT2D eigenvalue weighted by Gasteiger charge is 2.57. The third-order valence-corrected chi connectivity index (χ3v) is 6.85. The van der Waals surface area contributed by atoms with Gasteiger partial charge in [-0.3, -0.25) is 9.69 Å². The SMILES string of the molecule is CCC(CC)C(=O)NC1CC2CN(Cc3ccccc3)CC2(c2nc(C)no2)C1. The zero-order chi connectivity index (χ0) is 20.4. The fraction of sp³-hybridized carbons (Fsp3) is 0.609. The van der Waals surface area contributed by atoms with E-state index in [-0.39, 0.29) is 23.3 Å². The number of aryl methyl sites for hydroxylation is 1. The van der Waals surface area contributed by atoms with Crippen molar-refractivity contribution in [3.8, 4) is 0 Å². The number of carbonyl (C=O) groups excluding carboxylic acids is 1. The van der Waals surface area contributed by atoms with Gasteiger partial charge in [0.1, 0.15) is 0 Å². The molecule has 2 aromatic rings. The van der Waals surface area contributed by atoms with Gasteiger partial charge in [-0.05, 0) is 44.1 Å². The molecule has 0 radical (unpaired) electrons. The number of carbonyl (C=O) groups is 1. The molecule has 1 amide bonds. The molecule has 156 valence electrons. The number of fused-ring (bicyclic) bond motifs is 1. The van der Waals surface area contributed by atoms with E-state index in [1.54, 1.807) is 0 Å². The van der Waals surface area contributed by atoms with Crippen LogP contribution in [0.5, 0.6) is 0 Å². The second kappa shape index (κ2) is 8.27. The van der Waals surface area contributed by atoms with Crippen LogP contribution in [0.4, 0.5) is 0 Å². The lowest BCUT2D eigenvalue weighted by molar-refractivity contribution is -0.125. The highest BCUT2D eigenvalue weighted by atomic mass is 16.5. The van der Waals surface area contributed by atoms with Crippen LogP contribution in [0.15, 0.2) is 34.9 Å². The molecule has 1 N–H and O–H groups in total. The molecule has 0 spiro atoms. The van der Waals surface area contributed by atoms with Gasteiger partial charge in [0, 0.05) is 31.6 Å². The zero-order valence-corrected chi connectivity index (χ0v) is 17.7. The minimum absolute atomic E-state index is 0.103. The molecular formula is C23H32N4O2. The van der Waals surface area contributed by atoms with Crippen LogP contribution in [0.1, 0.15) is 56.8 Å². The lowest BCUT2D eigenvalue weighted by atomic mass is 9.80. The summed E-state index contributed by atoms with van der Waals surface area (Å²) in [6.45, 7) is 8.86. The van der Waals surface area contributed by atoms with Gasteiger partial charge in [0.2, 0.25) is 11.8 Å². The van der Waals surface area contributed by atoms with Crippen molar-refractivity contribution >= 4 is 5.91 Å². The number of nitrogens with one attached hydrogen (secondary N) is 1. The molecule has 1 aromatic carbocycles. The van der Waals surface area contributed by atoms with Crippen LogP contribution in [-0.2, 0) is 16.8 Å². The number of benzene rings is 1. The summed E-state index contributed by atoms with van der Waals surface area (Å²) in [5, 5.41) is 7.40. The average molecular weight is 397 g/mol. The van der Waals surface area contributed by atoms with E-state index >= 15 is 0 Å². The standard InChI is InChI=1S/C23H32N4O2/c1-4-18(5-2)21(28)25-20-11-19-14-27(13-17-9-7-6-8-10-17)15-23(19,12-20)22-24-16(3)26-29-22/h6-10,18-20H,4-5,11-15H2,1-3H3,(H,25,28). The van der Waals surface area contributed by atoms with Crippen molar-refractivity contribution in [2.45, 2.75) is 64.5 Å². The molecular weight excluding hydrogens is 364 g/mol. The molecule has 4 rings (SSSR count). The number of nitrogens with zero attached hydrogens (tertiary/aromatic N) is 3. The molecule has 2 aliphatic rings. The van der Waals surface area contributed by atoms with Crippen LogP contribution >= 0.6 is 0 Å². The van der Waals surface area contributed by atoms with Gasteiger partial charge in [-0.1, -0.05) is 49.3 Å². The van der Waals surface area contributed by atoms with Gasteiger partial charge in [0.05, 0.1) is 5.41 Å². The van der Waals surface area contributed by atoms with Gasteiger partial charge in [-0.15, -0.1) is 0 Å². The van der Waals surface area contributed by atoms with Crippen molar-refractivity contribution < 1.29 is 9.32 Å². The number of hydrogen-bond donors (Lipinski definition) is 1. The van der Waals surface area contributed by atoms with Crippen molar-refractivity contribution in [1.29, 1.82) is 0 Å². The molecule has 3 unspecified atom stereocenters. The van der Waals surface area contributed by atoms with Crippen LogP contribution in [0.25, 0.3) is 0 Å². The normalized spacial score (nSPS) is 26.8. The van der Waals surface area contributed by atoms with Crippen LogP contribution in [-0.4, -0.2) is 40.1 Å². The Labute approximate surface area is 173 Å². The van der Waals surface area contributed by atoms with Crippen molar-refractivity contribution in [2.75, 3.05) is 13.1 Å². The zero-order valence-electron chi connectivity index (χ0n) is 17.7. The predicted molar refractivity (Wildman–Crippen MR) is 111 cm³/mol. The highest BCUT2D eigenvalue weighted by molar-refractivity contribution is 5.78. The Balaban J connectivity index is 1.52. The van der Waals surface area contributed by atoms with Crippen LogP contribution in [0.3, 0.4) is 0 Å². The highest BCUT2D eigenvalue weighted by Crippen LogP contribution is 2.50. The van der Waals surface area contributed by atoms with Crippen molar-refractivity contribution in [3.63, 3.8) is 0 Å². The molecule has 29 heavy (non-hydrogen) atoms. The molecule has 1 aromatic heterocycles. The van der Waals surface area contributed by atoms with E-state index in [9.17, 15) is 4.79 Å². The topological polar surface area (TPSA) is 71.3 Å².